The topological polar surface area (TPSA) is 0 Å². The standard InChI is InChI=1S/C9H19P/c1-2-3-4-5-6-7-8-9-10/h8-9H,2-7,10H2,1H3/b9-8+. The summed E-state index contributed by atoms with van der Waals surface area (Å²) in [5.74, 6) is 2.06. The largest absolute Gasteiger partial charge is 0.114 e. The molecule has 0 radical (unpaired) electrons. The molecule has 0 aromatic rings. The molecule has 1 unspecified atom stereocenters. The van der Waals surface area contributed by atoms with Crippen molar-refractivity contribution in [2.75, 3.05) is 0 Å². The minimum absolute atomic E-state index is 1.26. The lowest BCUT2D eigenvalue weighted by molar-refractivity contribution is 0.637. The fourth-order valence-electron chi connectivity index (χ4n) is 0.962. The molecule has 0 heterocycles. The van der Waals surface area contributed by atoms with Gasteiger partial charge in [0.1, 0.15) is 0 Å². The van der Waals surface area contributed by atoms with Crippen molar-refractivity contribution in [2.24, 2.45) is 0 Å². The highest BCUT2D eigenvalue weighted by atomic mass is 31.0. The van der Waals surface area contributed by atoms with Crippen LogP contribution in [0.25, 0.3) is 0 Å². The Kier molecular flexibility index (Phi) is 9.33. The first-order valence-electron chi connectivity index (χ1n) is 4.28. The van der Waals surface area contributed by atoms with Crippen molar-refractivity contribution in [2.45, 2.75) is 45.4 Å². The van der Waals surface area contributed by atoms with Crippen molar-refractivity contribution >= 4 is 9.24 Å². The van der Waals surface area contributed by atoms with E-state index in [0.717, 1.165) is 0 Å². The summed E-state index contributed by atoms with van der Waals surface area (Å²) in [5, 5.41) is 0. The van der Waals surface area contributed by atoms with E-state index in [9.17, 15) is 0 Å². The number of unbranched alkanes of at least 4 members (excludes halogenated alkanes) is 5. The normalized spacial score (nSPS) is 11.0. The average molecular weight is 158 g/mol. The van der Waals surface area contributed by atoms with Crippen molar-refractivity contribution < 1.29 is 0 Å². The lowest BCUT2D eigenvalue weighted by Gasteiger charge is -1.94. The summed E-state index contributed by atoms with van der Waals surface area (Å²) in [6.45, 7) is 2.25. The number of hydrogen-bond donors (Lipinski definition) is 0. The third-order valence-electron chi connectivity index (χ3n) is 1.61. The van der Waals surface area contributed by atoms with E-state index >= 15 is 0 Å². The predicted molar refractivity (Wildman–Crippen MR) is 52.2 cm³/mol. The molecule has 0 nitrogen and oxygen atoms in total. The maximum absolute atomic E-state index is 2.61. The molecule has 0 aliphatic carbocycles. The summed E-state index contributed by atoms with van der Waals surface area (Å²) in [6.07, 6.45) is 10.4. The summed E-state index contributed by atoms with van der Waals surface area (Å²) in [4.78, 5) is 0. The number of hydrogen-bond acceptors (Lipinski definition) is 0. The van der Waals surface area contributed by atoms with Crippen molar-refractivity contribution in [1.82, 2.24) is 0 Å². The quantitative estimate of drug-likeness (QED) is 0.408. The van der Waals surface area contributed by atoms with Gasteiger partial charge in [-0.05, 0) is 12.8 Å². The lowest BCUT2D eigenvalue weighted by atomic mass is 10.1. The second kappa shape index (κ2) is 9.17. The maximum atomic E-state index is 2.61. The van der Waals surface area contributed by atoms with Gasteiger partial charge in [0, 0.05) is 0 Å². The highest BCUT2D eigenvalue weighted by Gasteiger charge is 1.84. The fraction of sp³-hybridized carbons (Fsp3) is 0.778. The Morgan fingerprint density at radius 2 is 1.80 bits per heavy atom. The number of allylic oxidation sites excluding steroid dienone is 1. The van der Waals surface area contributed by atoms with Crippen LogP contribution in [0.15, 0.2) is 11.9 Å². The third-order valence-corrected chi connectivity index (χ3v) is 1.88. The van der Waals surface area contributed by atoms with Crippen molar-refractivity contribution in [3.63, 3.8) is 0 Å². The van der Waals surface area contributed by atoms with Gasteiger partial charge < -0.3 is 0 Å². The zero-order valence-electron chi connectivity index (χ0n) is 6.97. The molecule has 1 heteroatoms. The first-order chi connectivity index (χ1) is 4.91. The smallest absolute Gasteiger partial charge is 0.0347 e. The van der Waals surface area contributed by atoms with Crippen molar-refractivity contribution in [3.8, 4) is 0 Å². The van der Waals surface area contributed by atoms with E-state index in [4.69, 9.17) is 0 Å². The van der Waals surface area contributed by atoms with Gasteiger partial charge >= 0.3 is 0 Å². The molecule has 0 aromatic carbocycles. The summed E-state index contributed by atoms with van der Waals surface area (Å²) >= 11 is 0. The Balaban J connectivity index is 2.77. The Labute approximate surface area is 67.3 Å². The van der Waals surface area contributed by atoms with Crippen LogP contribution in [0.1, 0.15) is 45.4 Å². The molecule has 0 aliphatic heterocycles. The van der Waals surface area contributed by atoms with Crippen LogP contribution in [0.4, 0.5) is 0 Å². The first kappa shape index (κ1) is 10.2. The van der Waals surface area contributed by atoms with Crippen LogP contribution in [0.2, 0.25) is 0 Å². The van der Waals surface area contributed by atoms with Gasteiger partial charge in [-0.2, -0.15) is 0 Å². The Bertz CT molecular complexity index is 76.8. The zero-order chi connectivity index (χ0) is 7.66. The van der Waals surface area contributed by atoms with Crippen LogP contribution in [0, 0.1) is 0 Å². The van der Waals surface area contributed by atoms with E-state index in [1.54, 1.807) is 0 Å². The molecule has 0 bridgehead atoms. The van der Waals surface area contributed by atoms with Crippen LogP contribution in [0.3, 0.4) is 0 Å². The van der Waals surface area contributed by atoms with Crippen molar-refractivity contribution in [3.05, 3.63) is 11.9 Å². The monoisotopic (exact) mass is 158 g/mol. The molecule has 0 saturated carbocycles. The molecule has 0 aromatic heterocycles. The minimum atomic E-state index is 1.26. The van der Waals surface area contributed by atoms with Gasteiger partial charge in [-0.25, -0.2) is 0 Å². The summed E-state index contributed by atoms with van der Waals surface area (Å²) in [5.41, 5.74) is 0. The van der Waals surface area contributed by atoms with E-state index in [0.29, 0.717) is 0 Å². The third kappa shape index (κ3) is 8.17. The van der Waals surface area contributed by atoms with Gasteiger partial charge in [0.2, 0.25) is 0 Å². The van der Waals surface area contributed by atoms with Crippen molar-refractivity contribution in [1.29, 1.82) is 0 Å². The number of rotatable bonds is 6. The van der Waals surface area contributed by atoms with Gasteiger partial charge in [0.05, 0.1) is 0 Å². The summed E-state index contributed by atoms with van der Waals surface area (Å²) in [6, 6.07) is 0. The molecule has 1 atom stereocenters. The molecular weight excluding hydrogens is 139 g/mol. The second-order valence-electron chi connectivity index (χ2n) is 2.63. The molecule has 0 fully saturated rings. The van der Waals surface area contributed by atoms with Gasteiger partial charge in [0.15, 0.2) is 0 Å². The van der Waals surface area contributed by atoms with Gasteiger partial charge in [-0.3, -0.25) is 0 Å². The zero-order valence-corrected chi connectivity index (χ0v) is 8.13. The van der Waals surface area contributed by atoms with E-state index < -0.39 is 0 Å². The van der Waals surface area contributed by atoms with Crippen LogP contribution in [-0.2, 0) is 0 Å². The predicted octanol–water partition coefficient (Wildman–Crippen LogP) is 3.74. The van der Waals surface area contributed by atoms with E-state index in [1.165, 1.54) is 38.5 Å². The maximum Gasteiger partial charge on any atom is -0.0347 e. The summed E-state index contributed by atoms with van der Waals surface area (Å²) in [7, 11) is 2.61. The minimum Gasteiger partial charge on any atom is -0.114 e. The highest BCUT2D eigenvalue weighted by molar-refractivity contribution is 7.20. The fourth-order valence-corrected chi connectivity index (χ4v) is 1.15. The lowest BCUT2D eigenvalue weighted by Crippen LogP contribution is -1.75. The average Bonchev–Trinajstić information content (AvgIpc) is 1.97. The molecule has 0 N–H and O–H groups in total. The van der Waals surface area contributed by atoms with E-state index in [2.05, 4.69) is 28.1 Å². The molecule has 0 aliphatic rings. The van der Waals surface area contributed by atoms with Crippen LogP contribution in [-0.4, -0.2) is 0 Å². The van der Waals surface area contributed by atoms with Gasteiger partial charge in [0.25, 0.3) is 0 Å². The van der Waals surface area contributed by atoms with E-state index in [1.807, 2.05) is 0 Å². The second-order valence-corrected chi connectivity index (χ2v) is 3.02. The van der Waals surface area contributed by atoms with Gasteiger partial charge in [-0.15, -0.1) is 9.24 Å². The van der Waals surface area contributed by atoms with E-state index in [-0.39, 0.29) is 0 Å². The molecule has 0 rings (SSSR count). The molecular formula is C9H19P. The Morgan fingerprint density at radius 1 is 1.10 bits per heavy atom. The highest BCUT2D eigenvalue weighted by Crippen LogP contribution is 2.05. The summed E-state index contributed by atoms with van der Waals surface area (Å²) < 4.78 is 0. The van der Waals surface area contributed by atoms with Gasteiger partial charge in [-0.1, -0.05) is 44.5 Å². The Morgan fingerprint density at radius 3 is 2.40 bits per heavy atom. The molecule has 0 amide bonds. The SMILES string of the molecule is CCCCCCC/C=C/P. The molecule has 0 saturated heterocycles. The molecule has 0 spiro atoms. The first-order valence-corrected chi connectivity index (χ1v) is 4.95. The van der Waals surface area contributed by atoms with Crippen LogP contribution in [0.5, 0.6) is 0 Å². The van der Waals surface area contributed by atoms with Crippen LogP contribution >= 0.6 is 9.24 Å². The molecule has 10 heavy (non-hydrogen) atoms. The van der Waals surface area contributed by atoms with Crippen LogP contribution < -0.4 is 0 Å². The Hall–Kier alpha value is 0.170. The molecule has 60 valence electrons.